The zero-order valence-electron chi connectivity index (χ0n) is 9.74. The molecule has 5 nitrogen and oxygen atoms in total. The molecular formula is C11H20N2O3. The van der Waals surface area contributed by atoms with Crippen molar-refractivity contribution in [3.63, 3.8) is 0 Å². The highest BCUT2D eigenvalue weighted by Crippen LogP contribution is 2.21. The lowest BCUT2D eigenvalue weighted by Crippen LogP contribution is -2.36. The van der Waals surface area contributed by atoms with Crippen LogP contribution in [-0.4, -0.2) is 54.0 Å². The van der Waals surface area contributed by atoms with Gasteiger partial charge < -0.3 is 15.2 Å². The van der Waals surface area contributed by atoms with Crippen LogP contribution < -0.4 is 5.32 Å². The molecule has 2 N–H and O–H groups in total. The molecule has 0 aliphatic carbocycles. The van der Waals surface area contributed by atoms with Crippen LogP contribution in [0.15, 0.2) is 0 Å². The molecule has 0 aromatic carbocycles. The maximum atomic E-state index is 10.9. The third-order valence-electron chi connectivity index (χ3n) is 3.37. The van der Waals surface area contributed by atoms with Crippen LogP contribution in [0.25, 0.3) is 0 Å². The van der Waals surface area contributed by atoms with E-state index in [4.69, 9.17) is 4.74 Å². The van der Waals surface area contributed by atoms with Crippen LogP contribution in [0.2, 0.25) is 0 Å². The van der Waals surface area contributed by atoms with Gasteiger partial charge in [-0.25, -0.2) is 4.79 Å². The molecular weight excluding hydrogens is 208 g/mol. The van der Waals surface area contributed by atoms with E-state index in [1.165, 1.54) is 0 Å². The average molecular weight is 228 g/mol. The maximum absolute atomic E-state index is 10.9. The van der Waals surface area contributed by atoms with E-state index in [1.54, 1.807) is 0 Å². The van der Waals surface area contributed by atoms with E-state index >= 15 is 0 Å². The minimum Gasteiger partial charge on any atom is -0.443 e. The Morgan fingerprint density at radius 3 is 3.06 bits per heavy atom. The summed E-state index contributed by atoms with van der Waals surface area (Å²) < 4.78 is 5.10. The minimum absolute atomic E-state index is 0.0319. The summed E-state index contributed by atoms with van der Waals surface area (Å²) in [5, 5.41) is 12.6. The van der Waals surface area contributed by atoms with Gasteiger partial charge in [-0.3, -0.25) is 4.90 Å². The number of aliphatic hydroxyl groups is 1. The van der Waals surface area contributed by atoms with Crippen LogP contribution in [0.1, 0.15) is 26.2 Å². The van der Waals surface area contributed by atoms with Gasteiger partial charge in [0.05, 0.1) is 12.1 Å². The molecule has 2 fully saturated rings. The predicted octanol–water partition coefficient (Wildman–Crippen LogP) is 0.332. The molecule has 2 aliphatic heterocycles. The number of hydrogen-bond donors (Lipinski definition) is 2. The standard InChI is InChI=1S/C11H20N2O3/c1-11(15)3-2-5-13(6-4-11)8-9-7-12-10(14)16-9/h9,15H,2-8H2,1H3,(H,12,14). The highest BCUT2D eigenvalue weighted by molar-refractivity contribution is 5.69. The number of nitrogens with one attached hydrogen (secondary N) is 1. The zero-order chi connectivity index (χ0) is 11.6. The minimum atomic E-state index is -0.528. The van der Waals surface area contributed by atoms with Crippen molar-refractivity contribution in [1.29, 1.82) is 0 Å². The Hall–Kier alpha value is -0.810. The zero-order valence-corrected chi connectivity index (χ0v) is 9.74. The molecule has 0 saturated carbocycles. The van der Waals surface area contributed by atoms with Crippen LogP contribution in [0.5, 0.6) is 0 Å². The molecule has 16 heavy (non-hydrogen) atoms. The Bertz CT molecular complexity index is 268. The molecule has 0 bridgehead atoms. The summed E-state index contributed by atoms with van der Waals surface area (Å²) in [6.07, 6.45) is 2.30. The third kappa shape index (κ3) is 3.09. The van der Waals surface area contributed by atoms with Crippen molar-refractivity contribution in [3.05, 3.63) is 0 Å². The van der Waals surface area contributed by atoms with Gasteiger partial charge in [0.2, 0.25) is 0 Å². The van der Waals surface area contributed by atoms with Crippen LogP contribution in [0.3, 0.4) is 0 Å². The second-order valence-electron chi connectivity index (χ2n) is 5.06. The molecule has 2 heterocycles. The molecule has 2 rings (SSSR count). The van der Waals surface area contributed by atoms with E-state index in [9.17, 15) is 9.90 Å². The fourth-order valence-corrected chi connectivity index (χ4v) is 2.32. The summed E-state index contributed by atoms with van der Waals surface area (Å²) in [4.78, 5) is 13.1. The van der Waals surface area contributed by atoms with Crippen molar-refractivity contribution in [2.24, 2.45) is 0 Å². The average Bonchev–Trinajstić information content (AvgIpc) is 2.52. The predicted molar refractivity (Wildman–Crippen MR) is 59.2 cm³/mol. The van der Waals surface area contributed by atoms with Crippen LogP contribution >= 0.6 is 0 Å². The Morgan fingerprint density at radius 2 is 2.38 bits per heavy atom. The summed E-state index contributed by atoms with van der Waals surface area (Å²) >= 11 is 0. The third-order valence-corrected chi connectivity index (χ3v) is 3.37. The summed E-state index contributed by atoms with van der Waals surface area (Å²) in [5.41, 5.74) is -0.528. The van der Waals surface area contributed by atoms with Gasteiger partial charge in [-0.2, -0.15) is 0 Å². The fourth-order valence-electron chi connectivity index (χ4n) is 2.32. The first-order chi connectivity index (χ1) is 7.55. The number of ether oxygens (including phenoxy) is 1. The Morgan fingerprint density at radius 1 is 1.56 bits per heavy atom. The van der Waals surface area contributed by atoms with E-state index in [2.05, 4.69) is 10.2 Å². The van der Waals surface area contributed by atoms with Gasteiger partial charge in [-0.1, -0.05) is 0 Å². The van der Waals surface area contributed by atoms with E-state index in [-0.39, 0.29) is 12.2 Å². The molecule has 2 unspecified atom stereocenters. The number of cyclic esters (lactones) is 1. The Balaban J connectivity index is 1.80. The van der Waals surface area contributed by atoms with Crippen molar-refractivity contribution in [2.75, 3.05) is 26.2 Å². The van der Waals surface area contributed by atoms with Gasteiger partial charge >= 0.3 is 6.09 Å². The molecule has 0 spiro atoms. The molecule has 0 aromatic rings. The number of carbonyl (C=O) groups is 1. The number of hydrogen-bond acceptors (Lipinski definition) is 4. The number of nitrogens with zero attached hydrogens (tertiary/aromatic N) is 1. The Kier molecular flexibility index (Phi) is 3.35. The monoisotopic (exact) mass is 228 g/mol. The van der Waals surface area contributed by atoms with E-state index in [1.807, 2.05) is 6.92 Å². The number of likely N-dealkylation sites (tertiary alicyclic amines) is 1. The highest BCUT2D eigenvalue weighted by Gasteiger charge is 2.28. The van der Waals surface area contributed by atoms with Gasteiger partial charge in [-0.05, 0) is 32.7 Å². The normalized spacial score (nSPS) is 36.6. The molecule has 92 valence electrons. The van der Waals surface area contributed by atoms with Crippen molar-refractivity contribution < 1.29 is 14.6 Å². The number of rotatable bonds is 2. The lowest BCUT2D eigenvalue weighted by molar-refractivity contribution is 0.0426. The first kappa shape index (κ1) is 11.7. The summed E-state index contributed by atoms with van der Waals surface area (Å²) in [7, 11) is 0. The molecule has 5 heteroatoms. The largest absolute Gasteiger partial charge is 0.443 e. The van der Waals surface area contributed by atoms with E-state index in [0.717, 1.165) is 38.9 Å². The second kappa shape index (κ2) is 4.59. The fraction of sp³-hybridized carbons (Fsp3) is 0.909. The van der Waals surface area contributed by atoms with Crippen molar-refractivity contribution in [1.82, 2.24) is 10.2 Å². The van der Waals surface area contributed by atoms with Gasteiger partial charge in [0.15, 0.2) is 0 Å². The van der Waals surface area contributed by atoms with Gasteiger partial charge in [0.1, 0.15) is 6.10 Å². The molecule has 2 atom stereocenters. The van der Waals surface area contributed by atoms with Crippen molar-refractivity contribution >= 4 is 6.09 Å². The smallest absolute Gasteiger partial charge is 0.407 e. The topological polar surface area (TPSA) is 61.8 Å². The Labute approximate surface area is 95.8 Å². The van der Waals surface area contributed by atoms with Crippen LogP contribution in [0, 0.1) is 0 Å². The number of amides is 1. The second-order valence-corrected chi connectivity index (χ2v) is 5.06. The lowest BCUT2D eigenvalue weighted by atomic mass is 9.98. The van der Waals surface area contributed by atoms with Gasteiger partial charge in [-0.15, -0.1) is 0 Å². The number of carbonyl (C=O) groups excluding carboxylic acids is 1. The highest BCUT2D eigenvalue weighted by atomic mass is 16.6. The van der Waals surface area contributed by atoms with Crippen molar-refractivity contribution in [3.8, 4) is 0 Å². The van der Waals surface area contributed by atoms with E-state index in [0.29, 0.717) is 6.54 Å². The van der Waals surface area contributed by atoms with Gasteiger partial charge in [0, 0.05) is 13.1 Å². The first-order valence-corrected chi connectivity index (χ1v) is 5.94. The molecule has 2 aliphatic rings. The maximum Gasteiger partial charge on any atom is 0.407 e. The van der Waals surface area contributed by atoms with Crippen LogP contribution in [0.4, 0.5) is 4.79 Å². The molecule has 1 amide bonds. The van der Waals surface area contributed by atoms with Crippen molar-refractivity contribution in [2.45, 2.75) is 37.9 Å². The van der Waals surface area contributed by atoms with Crippen LogP contribution in [-0.2, 0) is 4.74 Å². The molecule has 2 saturated heterocycles. The SMILES string of the molecule is CC1(O)CCCN(CC2CNC(=O)O2)CC1. The molecule has 0 radical (unpaired) electrons. The van der Waals surface area contributed by atoms with E-state index < -0.39 is 5.60 Å². The number of alkyl carbamates (subject to hydrolysis) is 1. The van der Waals surface area contributed by atoms with Gasteiger partial charge in [0.25, 0.3) is 0 Å². The summed E-state index contributed by atoms with van der Waals surface area (Å²) in [5.74, 6) is 0. The lowest BCUT2D eigenvalue weighted by Gasteiger charge is -2.23. The molecule has 0 aromatic heterocycles. The quantitative estimate of drug-likeness (QED) is 0.715. The summed E-state index contributed by atoms with van der Waals surface area (Å²) in [6, 6.07) is 0. The summed E-state index contributed by atoms with van der Waals surface area (Å²) in [6.45, 7) is 5.12. The first-order valence-electron chi connectivity index (χ1n) is 5.94.